The lowest BCUT2D eigenvalue weighted by atomic mass is 10.1. The Hall–Kier alpha value is -2.87. The van der Waals surface area contributed by atoms with Gasteiger partial charge in [0.25, 0.3) is 0 Å². The van der Waals surface area contributed by atoms with Crippen LogP contribution in [0, 0.1) is 0 Å². The van der Waals surface area contributed by atoms with Gasteiger partial charge < -0.3 is 14.4 Å². The van der Waals surface area contributed by atoms with Crippen LogP contribution in [0.25, 0.3) is 16.2 Å². The zero-order chi connectivity index (χ0) is 19.7. The van der Waals surface area contributed by atoms with E-state index in [1.54, 1.807) is 19.1 Å². The number of ketones is 1. The number of nitrogens with zero attached hydrogens (tertiary/aromatic N) is 3. The Balaban J connectivity index is 1.61. The van der Waals surface area contributed by atoms with Crippen molar-refractivity contribution >= 4 is 28.0 Å². The number of amides is 1. The first-order valence-corrected chi connectivity index (χ1v) is 9.94. The number of methoxy groups -OCH3 is 2. The normalized spacial score (nSPS) is 14.5. The maximum absolute atomic E-state index is 12.6. The Kier molecular flexibility index (Phi) is 5.04. The van der Waals surface area contributed by atoms with Crippen molar-refractivity contribution in [2.24, 2.45) is 0 Å². The molecule has 4 rings (SSSR count). The van der Waals surface area contributed by atoms with Crippen molar-refractivity contribution in [1.82, 2.24) is 14.3 Å². The largest absolute Gasteiger partial charge is 0.497 e. The Morgan fingerprint density at radius 3 is 2.71 bits per heavy atom. The summed E-state index contributed by atoms with van der Waals surface area (Å²) in [6.45, 7) is 1.03. The molecule has 0 saturated carbocycles. The van der Waals surface area contributed by atoms with Crippen molar-refractivity contribution in [3.8, 4) is 22.8 Å². The average Bonchev–Trinajstić information content (AvgIpc) is 3.29. The fraction of sp³-hybridized carbons (Fsp3) is 0.350. The maximum atomic E-state index is 12.6. The Labute approximate surface area is 166 Å². The van der Waals surface area contributed by atoms with Gasteiger partial charge in [0.1, 0.15) is 17.3 Å². The number of likely N-dealkylation sites (tertiary alicyclic amines) is 1. The van der Waals surface area contributed by atoms with E-state index < -0.39 is 0 Å². The van der Waals surface area contributed by atoms with Crippen molar-refractivity contribution < 1.29 is 19.1 Å². The number of hydrogen-bond acceptors (Lipinski definition) is 6. The number of rotatable bonds is 5. The van der Waals surface area contributed by atoms with Crippen molar-refractivity contribution in [1.29, 1.82) is 0 Å². The SMILES string of the molecule is COc1ccc(OC)c(-c2cn3c(CC(=O)N4CCC(=O)CC4)csc3n2)c1. The molecule has 1 amide bonds. The molecule has 0 radical (unpaired) electrons. The minimum Gasteiger partial charge on any atom is -0.497 e. The number of fused-ring (bicyclic) bond motifs is 1. The van der Waals surface area contributed by atoms with Gasteiger partial charge in [-0.2, -0.15) is 0 Å². The van der Waals surface area contributed by atoms with Gasteiger partial charge in [0, 0.05) is 48.8 Å². The first-order chi connectivity index (χ1) is 13.6. The van der Waals surface area contributed by atoms with Crippen LogP contribution in [0.3, 0.4) is 0 Å². The highest BCUT2D eigenvalue weighted by Gasteiger charge is 2.22. The van der Waals surface area contributed by atoms with E-state index >= 15 is 0 Å². The molecule has 1 aromatic carbocycles. The number of aromatic nitrogens is 2. The molecule has 8 heteroatoms. The molecule has 1 aliphatic rings. The molecular formula is C20H21N3O4S. The van der Waals surface area contributed by atoms with Crippen LogP contribution in [-0.2, 0) is 16.0 Å². The summed E-state index contributed by atoms with van der Waals surface area (Å²) < 4.78 is 12.7. The van der Waals surface area contributed by atoms with E-state index in [4.69, 9.17) is 14.5 Å². The van der Waals surface area contributed by atoms with E-state index in [2.05, 4.69) is 0 Å². The third-order valence-corrected chi connectivity index (χ3v) is 5.86. The lowest BCUT2D eigenvalue weighted by Crippen LogP contribution is -2.39. The second-order valence-electron chi connectivity index (χ2n) is 6.67. The third-order valence-electron chi connectivity index (χ3n) is 4.97. The first kappa shape index (κ1) is 18.5. The quantitative estimate of drug-likeness (QED) is 0.660. The molecule has 7 nitrogen and oxygen atoms in total. The fourth-order valence-electron chi connectivity index (χ4n) is 3.37. The van der Waals surface area contributed by atoms with Crippen LogP contribution >= 0.6 is 11.3 Å². The van der Waals surface area contributed by atoms with E-state index in [0.717, 1.165) is 27.7 Å². The predicted molar refractivity (Wildman–Crippen MR) is 106 cm³/mol. The van der Waals surface area contributed by atoms with Crippen LogP contribution in [0.1, 0.15) is 18.5 Å². The molecule has 1 saturated heterocycles. The number of benzene rings is 1. The maximum Gasteiger partial charge on any atom is 0.228 e. The van der Waals surface area contributed by atoms with Crippen molar-refractivity contribution in [2.45, 2.75) is 19.3 Å². The Morgan fingerprint density at radius 2 is 2.00 bits per heavy atom. The molecule has 1 aliphatic heterocycles. The van der Waals surface area contributed by atoms with E-state index in [1.807, 2.05) is 34.2 Å². The van der Waals surface area contributed by atoms with Crippen LogP contribution in [0.4, 0.5) is 0 Å². The molecule has 0 unspecified atom stereocenters. The highest BCUT2D eigenvalue weighted by atomic mass is 32.1. The highest BCUT2D eigenvalue weighted by molar-refractivity contribution is 7.15. The second kappa shape index (κ2) is 7.63. The molecule has 0 spiro atoms. The van der Waals surface area contributed by atoms with E-state index in [9.17, 15) is 9.59 Å². The van der Waals surface area contributed by atoms with Gasteiger partial charge in [-0.1, -0.05) is 0 Å². The lowest BCUT2D eigenvalue weighted by Gasteiger charge is -2.25. The number of hydrogen-bond donors (Lipinski definition) is 0. The highest BCUT2D eigenvalue weighted by Crippen LogP contribution is 2.34. The minimum atomic E-state index is 0.0430. The van der Waals surface area contributed by atoms with Crippen molar-refractivity contribution in [2.75, 3.05) is 27.3 Å². The average molecular weight is 399 g/mol. The number of piperidine rings is 1. The van der Waals surface area contributed by atoms with Crippen molar-refractivity contribution in [3.63, 3.8) is 0 Å². The predicted octanol–water partition coefficient (Wildman–Crippen LogP) is 2.81. The molecule has 146 valence electrons. The summed E-state index contributed by atoms with van der Waals surface area (Å²) in [5.41, 5.74) is 2.49. The first-order valence-electron chi connectivity index (χ1n) is 9.06. The lowest BCUT2D eigenvalue weighted by molar-refractivity contribution is -0.133. The number of carbonyl (C=O) groups is 2. The Morgan fingerprint density at radius 1 is 1.21 bits per heavy atom. The van der Waals surface area contributed by atoms with E-state index in [-0.39, 0.29) is 11.7 Å². The van der Waals surface area contributed by atoms with Gasteiger partial charge in [-0.15, -0.1) is 11.3 Å². The minimum absolute atomic E-state index is 0.0430. The molecule has 0 bridgehead atoms. The van der Waals surface area contributed by atoms with Crippen LogP contribution < -0.4 is 9.47 Å². The van der Waals surface area contributed by atoms with Crippen LogP contribution in [0.2, 0.25) is 0 Å². The topological polar surface area (TPSA) is 73.1 Å². The monoisotopic (exact) mass is 399 g/mol. The molecule has 0 atom stereocenters. The molecule has 0 aliphatic carbocycles. The van der Waals surface area contributed by atoms with Crippen LogP contribution in [-0.4, -0.2) is 53.3 Å². The van der Waals surface area contributed by atoms with Gasteiger partial charge in [-0.25, -0.2) is 4.98 Å². The van der Waals surface area contributed by atoms with Gasteiger partial charge in [0.05, 0.1) is 26.3 Å². The molecule has 28 heavy (non-hydrogen) atoms. The number of imidazole rings is 1. The second-order valence-corrected chi connectivity index (χ2v) is 7.50. The van der Waals surface area contributed by atoms with Crippen molar-refractivity contribution in [3.05, 3.63) is 35.5 Å². The molecule has 3 aromatic rings. The molecule has 0 N–H and O–H groups in total. The summed E-state index contributed by atoms with van der Waals surface area (Å²) in [6, 6.07) is 5.58. The standard InChI is InChI=1S/C20H21N3O4S/c1-26-15-3-4-18(27-2)16(10-15)17-11-23-13(12-28-20(23)21-17)9-19(25)22-7-5-14(24)6-8-22/h3-4,10-12H,5-9H2,1-2H3. The molecule has 1 fully saturated rings. The summed E-state index contributed by atoms with van der Waals surface area (Å²) in [5, 5.41) is 1.96. The number of thiazole rings is 1. The summed E-state index contributed by atoms with van der Waals surface area (Å²) in [7, 11) is 3.24. The zero-order valence-corrected chi connectivity index (χ0v) is 16.6. The smallest absolute Gasteiger partial charge is 0.228 e. The summed E-state index contributed by atoms with van der Waals surface area (Å²) >= 11 is 1.50. The number of carbonyl (C=O) groups excluding carboxylic acids is 2. The zero-order valence-electron chi connectivity index (χ0n) is 15.8. The molecule has 3 heterocycles. The summed E-state index contributed by atoms with van der Waals surface area (Å²) in [4.78, 5) is 31.3. The van der Waals surface area contributed by atoms with Crippen LogP contribution in [0.5, 0.6) is 11.5 Å². The Bertz CT molecular complexity index is 1030. The third kappa shape index (κ3) is 3.47. The van der Waals surface area contributed by atoms with Crippen LogP contribution in [0.15, 0.2) is 29.8 Å². The molecular weight excluding hydrogens is 378 g/mol. The summed E-state index contributed by atoms with van der Waals surface area (Å²) in [6.07, 6.45) is 3.12. The van der Waals surface area contributed by atoms with E-state index in [0.29, 0.717) is 38.1 Å². The van der Waals surface area contributed by atoms with Gasteiger partial charge in [0.15, 0.2) is 4.96 Å². The number of Topliss-reactive ketones (excluding diaryl/α,β-unsaturated/α-hetero) is 1. The van der Waals surface area contributed by atoms with Gasteiger partial charge in [-0.05, 0) is 18.2 Å². The van der Waals surface area contributed by atoms with E-state index in [1.165, 1.54) is 11.3 Å². The van der Waals surface area contributed by atoms with Gasteiger partial charge in [-0.3, -0.25) is 14.0 Å². The molecule has 2 aromatic heterocycles. The number of ether oxygens (including phenoxy) is 2. The summed E-state index contributed by atoms with van der Waals surface area (Å²) in [5.74, 6) is 1.71. The van der Waals surface area contributed by atoms with Gasteiger partial charge in [0.2, 0.25) is 5.91 Å². The van der Waals surface area contributed by atoms with Gasteiger partial charge >= 0.3 is 0 Å². The fourth-order valence-corrected chi connectivity index (χ4v) is 4.25.